The number of rotatable bonds is 5. The van der Waals surface area contributed by atoms with Crippen molar-refractivity contribution in [1.82, 2.24) is 9.97 Å². The summed E-state index contributed by atoms with van der Waals surface area (Å²) < 4.78 is 33.4. The number of methoxy groups -OCH3 is 1. The highest BCUT2D eigenvalue weighted by atomic mass is 19.1. The van der Waals surface area contributed by atoms with Crippen molar-refractivity contribution in [3.63, 3.8) is 0 Å². The third kappa shape index (κ3) is 2.88. The Labute approximate surface area is 145 Å². The van der Waals surface area contributed by atoms with E-state index in [1.165, 1.54) is 25.6 Å². The minimum atomic E-state index is -1.54. The SMILES string of the molecule is COC(O)Nc1ccc(F)c(C(=O)c2c[nH]c3nccc(C#N)c23)c1F. The van der Waals surface area contributed by atoms with Crippen LogP contribution in [0.3, 0.4) is 0 Å². The number of nitriles is 1. The zero-order valence-electron chi connectivity index (χ0n) is 13.4. The molecule has 0 aliphatic rings. The first-order chi connectivity index (χ1) is 12.5. The summed E-state index contributed by atoms with van der Waals surface area (Å²) in [5, 5.41) is 21.0. The van der Waals surface area contributed by atoms with Crippen LogP contribution in [-0.4, -0.2) is 34.4 Å². The fourth-order valence-electron chi connectivity index (χ4n) is 2.53. The first-order valence-corrected chi connectivity index (χ1v) is 7.34. The number of pyridine rings is 1. The molecule has 0 amide bonds. The van der Waals surface area contributed by atoms with E-state index in [1.807, 2.05) is 6.07 Å². The summed E-state index contributed by atoms with van der Waals surface area (Å²) in [7, 11) is 1.17. The molecule has 132 valence electrons. The fraction of sp³-hybridized carbons (Fsp3) is 0.118. The molecule has 0 saturated heterocycles. The minimum Gasteiger partial charge on any atom is -0.351 e. The van der Waals surface area contributed by atoms with E-state index in [0.717, 1.165) is 12.1 Å². The van der Waals surface area contributed by atoms with Crippen LogP contribution in [-0.2, 0) is 4.74 Å². The Balaban J connectivity index is 2.15. The highest BCUT2D eigenvalue weighted by molar-refractivity contribution is 6.17. The number of carbonyl (C=O) groups excluding carboxylic acids is 1. The van der Waals surface area contributed by atoms with Gasteiger partial charge in [-0.25, -0.2) is 13.8 Å². The molecule has 0 radical (unpaired) electrons. The van der Waals surface area contributed by atoms with E-state index in [1.54, 1.807) is 0 Å². The number of aliphatic hydroxyl groups is 1. The number of anilines is 1. The Morgan fingerprint density at radius 1 is 1.42 bits per heavy atom. The van der Waals surface area contributed by atoms with Crippen molar-refractivity contribution in [2.75, 3.05) is 12.4 Å². The van der Waals surface area contributed by atoms with Crippen LogP contribution in [0, 0.1) is 23.0 Å². The number of nitrogens with zero attached hydrogens (tertiary/aromatic N) is 2. The number of H-pyrrole nitrogens is 1. The molecule has 2 aromatic heterocycles. The first kappa shape index (κ1) is 17.5. The summed E-state index contributed by atoms with van der Waals surface area (Å²) in [5.41, 5.74) is -0.844. The number of aromatic nitrogens is 2. The van der Waals surface area contributed by atoms with E-state index < -0.39 is 29.4 Å². The molecular formula is C17H12F2N4O3. The zero-order valence-corrected chi connectivity index (χ0v) is 13.4. The second-order valence-corrected chi connectivity index (χ2v) is 5.24. The lowest BCUT2D eigenvalue weighted by atomic mass is 9.99. The normalized spacial score (nSPS) is 12.0. The van der Waals surface area contributed by atoms with E-state index >= 15 is 0 Å². The Bertz CT molecular complexity index is 1040. The first-order valence-electron chi connectivity index (χ1n) is 7.34. The van der Waals surface area contributed by atoms with Gasteiger partial charge in [-0.3, -0.25) is 4.79 Å². The summed E-state index contributed by atoms with van der Waals surface area (Å²) >= 11 is 0. The van der Waals surface area contributed by atoms with Gasteiger partial charge in [0.05, 0.1) is 28.4 Å². The van der Waals surface area contributed by atoms with Gasteiger partial charge in [0, 0.05) is 24.9 Å². The maximum Gasteiger partial charge on any atom is 0.235 e. The van der Waals surface area contributed by atoms with Crippen molar-refractivity contribution in [2.24, 2.45) is 0 Å². The van der Waals surface area contributed by atoms with Crippen LogP contribution in [0.25, 0.3) is 11.0 Å². The second-order valence-electron chi connectivity index (χ2n) is 5.24. The second kappa shape index (κ2) is 6.87. The number of hydrogen-bond donors (Lipinski definition) is 3. The third-order valence-corrected chi connectivity index (χ3v) is 3.76. The van der Waals surface area contributed by atoms with Crippen molar-refractivity contribution in [3.05, 3.63) is 58.9 Å². The molecule has 0 bridgehead atoms. The van der Waals surface area contributed by atoms with E-state index in [0.29, 0.717) is 0 Å². The molecule has 1 unspecified atom stereocenters. The van der Waals surface area contributed by atoms with Gasteiger partial charge in [0.25, 0.3) is 0 Å². The Kier molecular flexibility index (Phi) is 4.62. The number of fused-ring (bicyclic) bond motifs is 1. The summed E-state index contributed by atoms with van der Waals surface area (Å²) in [4.78, 5) is 19.5. The molecule has 7 nitrogen and oxygen atoms in total. The van der Waals surface area contributed by atoms with E-state index in [4.69, 9.17) is 0 Å². The molecule has 9 heteroatoms. The lowest BCUT2D eigenvalue weighted by molar-refractivity contribution is -0.0512. The molecule has 2 heterocycles. The largest absolute Gasteiger partial charge is 0.351 e. The van der Waals surface area contributed by atoms with Crippen molar-refractivity contribution < 1.29 is 23.4 Å². The van der Waals surface area contributed by atoms with Gasteiger partial charge >= 0.3 is 0 Å². The number of hydrogen-bond acceptors (Lipinski definition) is 6. The monoisotopic (exact) mass is 358 g/mol. The van der Waals surface area contributed by atoms with Gasteiger partial charge < -0.3 is 20.1 Å². The van der Waals surface area contributed by atoms with E-state index in [9.17, 15) is 23.9 Å². The predicted molar refractivity (Wildman–Crippen MR) is 87.2 cm³/mol. The lowest BCUT2D eigenvalue weighted by Gasteiger charge is -2.14. The Morgan fingerprint density at radius 2 is 2.19 bits per heavy atom. The number of benzene rings is 1. The lowest BCUT2D eigenvalue weighted by Crippen LogP contribution is -2.22. The van der Waals surface area contributed by atoms with E-state index in [2.05, 4.69) is 20.0 Å². The van der Waals surface area contributed by atoms with Crippen LogP contribution in [0.1, 0.15) is 21.5 Å². The van der Waals surface area contributed by atoms with Crippen molar-refractivity contribution in [1.29, 1.82) is 5.26 Å². The maximum atomic E-state index is 14.7. The van der Waals surface area contributed by atoms with Crippen molar-refractivity contribution in [2.45, 2.75) is 6.41 Å². The molecular weight excluding hydrogens is 346 g/mol. The zero-order chi connectivity index (χ0) is 18.8. The van der Waals surface area contributed by atoms with Gasteiger partial charge in [-0.1, -0.05) is 0 Å². The van der Waals surface area contributed by atoms with Gasteiger partial charge in [-0.15, -0.1) is 0 Å². The minimum absolute atomic E-state index is 0.0908. The van der Waals surface area contributed by atoms with Gasteiger partial charge in [0.15, 0.2) is 5.82 Å². The molecule has 3 N–H and O–H groups in total. The molecule has 0 spiro atoms. The number of aliphatic hydroxyl groups excluding tert-OH is 1. The average Bonchev–Trinajstić information content (AvgIpc) is 3.08. The van der Waals surface area contributed by atoms with Crippen LogP contribution in [0.4, 0.5) is 14.5 Å². The Hall–Kier alpha value is -3.35. The highest BCUT2D eigenvalue weighted by Crippen LogP contribution is 2.28. The summed E-state index contributed by atoms with van der Waals surface area (Å²) in [6.45, 7) is 0. The summed E-state index contributed by atoms with van der Waals surface area (Å²) in [5.74, 6) is -3.24. The highest BCUT2D eigenvalue weighted by Gasteiger charge is 2.25. The molecule has 3 aromatic rings. The van der Waals surface area contributed by atoms with Crippen LogP contribution in [0.15, 0.2) is 30.6 Å². The Morgan fingerprint density at radius 3 is 2.88 bits per heavy atom. The molecule has 0 fully saturated rings. The smallest absolute Gasteiger partial charge is 0.235 e. The average molecular weight is 358 g/mol. The standard InChI is InChI=1S/C17H12F2N4O3/c1-26-17(25)23-11-3-2-10(18)13(14(11)19)15(24)9-7-22-16-12(9)8(6-20)4-5-21-16/h2-5,7,17,23,25H,1H3,(H,21,22). The number of ketones is 1. The van der Waals surface area contributed by atoms with Gasteiger partial charge in [0.1, 0.15) is 11.5 Å². The summed E-state index contributed by atoms with van der Waals surface area (Å²) in [6, 6.07) is 5.23. The van der Waals surface area contributed by atoms with Crippen LogP contribution < -0.4 is 5.32 Å². The number of ether oxygens (including phenoxy) is 1. The third-order valence-electron chi connectivity index (χ3n) is 3.76. The summed E-state index contributed by atoms with van der Waals surface area (Å²) in [6.07, 6.45) is 1.08. The van der Waals surface area contributed by atoms with Crippen LogP contribution in [0.2, 0.25) is 0 Å². The van der Waals surface area contributed by atoms with Crippen LogP contribution in [0.5, 0.6) is 0 Å². The number of halogens is 2. The quantitative estimate of drug-likeness (QED) is 0.477. The van der Waals surface area contributed by atoms with Gasteiger partial charge in [-0.05, 0) is 18.2 Å². The molecule has 26 heavy (non-hydrogen) atoms. The van der Waals surface area contributed by atoms with Gasteiger partial charge in [-0.2, -0.15) is 5.26 Å². The van der Waals surface area contributed by atoms with Crippen molar-refractivity contribution in [3.8, 4) is 6.07 Å². The number of nitrogens with one attached hydrogen (secondary N) is 2. The van der Waals surface area contributed by atoms with Crippen molar-refractivity contribution >= 4 is 22.5 Å². The van der Waals surface area contributed by atoms with E-state index in [-0.39, 0.29) is 27.8 Å². The topological polar surface area (TPSA) is 111 Å². The molecule has 0 aliphatic carbocycles. The van der Waals surface area contributed by atoms with Gasteiger partial charge in [0.2, 0.25) is 12.2 Å². The molecule has 1 aromatic carbocycles. The molecule has 1 atom stereocenters. The number of carbonyl (C=O) groups is 1. The maximum absolute atomic E-state index is 14.7. The fourth-order valence-corrected chi connectivity index (χ4v) is 2.53. The predicted octanol–water partition coefficient (Wildman–Crippen LogP) is 2.28. The number of aromatic amines is 1. The molecule has 3 rings (SSSR count). The van der Waals surface area contributed by atoms with Crippen LogP contribution >= 0.6 is 0 Å². The molecule has 0 aliphatic heterocycles. The molecule has 0 saturated carbocycles.